The molecule has 0 aromatic carbocycles. The van der Waals surface area contributed by atoms with Crippen molar-refractivity contribution in [1.29, 1.82) is 0 Å². The molecule has 1 fully saturated rings. The van der Waals surface area contributed by atoms with Gasteiger partial charge in [-0.1, -0.05) is 0 Å². The SMILES string of the molecule is CN(CCN1CCN(c2ncc(OCCCO)cc2C(F)(F)F)CC1)C(=O)OC(C)(C)C. The number of aliphatic hydroxyl groups excluding tert-OH is 1. The first-order chi connectivity index (χ1) is 14.9. The number of carbonyl (C=O) groups excluding carboxylic acids is 1. The Morgan fingerprint density at radius 1 is 1.22 bits per heavy atom. The van der Waals surface area contributed by atoms with Gasteiger partial charge < -0.3 is 24.4 Å². The van der Waals surface area contributed by atoms with E-state index < -0.39 is 23.4 Å². The van der Waals surface area contributed by atoms with Crippen LogP contribution in [0.4, 0.5) is 23.8 Å². The van der Waals surface area contributed by atoms with Gasteiger partial charge in [0.15, 0.2) is 0 Å². The Labute approximate surface area is 186 Å². The van der Waals surface area contributed by atoms with Crippen LogP contribution < -0.4 is 9.64 Å². The van der Waals surface area contributed by atoms with E-state index in [0.29, 0.717) is 45.7 Å². The maximum atomic E-state index is 13.6. The smallest absolute Gasteiger partial charge is 0.420 e. The first-order valence-electron chi connectivity index (χ1n) is 10.6. The maximum Gasteiger partial charge on any atom is 0.420 e. The molecule has 0 spiro atoms. The second-order valence-electron chi connectivity index (χ2n) is 8.70. The van der Waals surface area contributed by atoms with Crippen LogP contribution in [0.2, 0.25) is 0 Å². The number of hydrogen-bond acceptors (Lipinski definition) is 7. The number of pyridine rings is 1. The van der Waals surface area contributed by atoms with Gasteiger partial charge in [-0.15, -0.1) is 0 Å². The molecular formula is C21H33F3N4O4. The van der Waals surface area contributed by atoms with Crippen LogP contribution in [-0.2, 0) is 10.9 Å². The summed E-state index contributed by atoms with van der Waals surface area (Å²) in [5.41, 5.74) is -1.41. The Hall–Kier alpha value is -2.27. The molecule has 1 N–H and O–H groups in total. The number of halogens is 3. The van der Waals surface area contributed by atoms with Gasteiger partial charge >= 0.3 is 12.3 Å². The summed E-state index contributed by atoms with van der Waals surface area (Å²) in [5, 5.41) is 8.79. The Bertz CT molecular complexity index is 748. The maximum absolute atomic E-state index is 13.6. The van der Waals surface area contributed by atoms with Gasteiger partial charge in [-0.2, -0.15) is 13.2 Å². The van der Waals surface area contributed by atoms with E-state index in [1.54, 1.807) is 32.7 Å². The monoisotopic (exact) mass is 462 g/mol. The Morgan fingerprint density at radius 3 is 2.44 bits per heavy atom. The average molecular weight is 463 g/mol. The molecule has 1 saturated heterocycles. The van der Waals surface area contributed by atoms with Crippen LogP contribution in [0, 0.1) is 0 Å². The molecule has 2 heterocycles. The fourth-order valence-corrected chi connectivity index (χ4v) is 3.14. The van der Waals surface area contributed by atoms with Crippen LogP contribution in [0.15, 0.2) is 12.3 Å². The van der Waals surface area contributed by atoms with Crippen LogP contribution in [0.1, 0.15) is 32.8 Å². The number of alkyl halides is 3. The second kappa shape index (κ2) is 11.0. The highest BCUT2D eigenvalue weighted by Gasteiger charge is 2.37. The number of amides is 1. The van der Waals surface area contributed by atoms with Crippen molar-refractivity contribution in [3.05, 3.63) is 17.8 Å². The highest BCUT2D eigenvalue weighted by atomic mass is 19.4. The van der Waals surface area contributed by atoms with Gasteiger partial charge in [-0.3, -0.25) is 4.90 Å². The minimum atomic E-state index is -4.56. The molecule has 1 aliphatic rings. The normalized spacial score (nSPS) is 15.6. The van der Waals surface area contributed by atoms with Crippen molar-refractivity contribution in [2.75, 3.05) is 64.4 Å². The molecule has 0 radical (unpaired) electrons. The topological polar surface area (TPSA) is 78.4 Å². The molecule has 2 rings (SSSR count). The summed E-state index contributed by atoms with van der Waals surface area (Å²) in [5.74, 6) is -0.0872. The van der Waals surface area contributed by atoms with Gasteiger partial charge in [-0.25, -0.2) is 9.78 Å². The fourth-order valence-electron chi connectivity index (χ4n) is 3.14. The van der Waals surface area contributed by atoms with Gasteiger partial charge in [0.25, 0.3) is 0 Å². The summed E-state index contributed by atoms with van der Waals surface area (Å²) in [7, 11) is 1.66. The molecule has 1 amide bonds. The zero-order valence-corrected chi connectivity index (χ0v) is 19.1. The number of rotatable bonds is 8. The summed E-state index contributed by atoms with van der Waals surface area (Å²) in [4.78, 5) is 21.3. The third-order valence-electron chi connectivity index (χ3n) is 4.85. The lowest BCUT2D eigenvalue weighted by atomic mass is 10.2. The highest BCUT2D eigenvalue weighted by molar-refractivity contribution is 5.67. The van der Waals surface area contributed by atoms with Crippen molar-refractivity contribution in [1.82, 2.24) is 14.8 Å². The molecule has 0 bridgehead atoms. The molecule has 11 heteroatoms. The average Bonchev–Trinajstić information content (AvgIpc) is 2.70. The largest absolute Gasteiger partial charge is 0.492 e. The Balaban J connectivity index is 1.94. The summed E-state index contributed by atoms with van der Waals surface area (Å²) in [6, 6.07) is 0.960. The first kappa shape index (κ1) is 26.0. The van der Waals surface area contributed by atoms with E-state index in [1.165, 1.54) is 11.1 Å². The fraction of sp³-hybridized carbons (Fsp3) is 0.714. The van der Waals surface area contributed by atoms with Gasteiger partial charge in [0, 0.05) is 59.3 Å². The third-order valence-corrected chi connectivity index (χ3v) is 4.85. The first-order valence-corrected chi connectivity index (χ1v) is 10.6. The number of nitrogens with zero attached hydrogens (tertiary/aromatic N) is 4. The van der Waals surface area contributed by atoms with Gasteiger partial charge in [0.1, 0.15) is 22.7 Å². The van der Waals surface area contributed by atoms with Crippen LogP contribution in [0.25, 0.3) is 0 Å². The van der Waals surface area contributed by atoms with E-state index in [9.17, 15) is 18.0 Å². The van der Waals surface area contributed by atoms with E-state index in [4.69, 9.17) is 14.6 Å². The molecular weight excluding hydrogens is 429 g/mol. The number of ether oxygens (including phenoxy) is 2. The minimum Gasteiger partial charge on any atom is -0.492 e. The molecule has 0 aliphatic carbocycles. The molecule has 0 saturated carbocycles. The van der Waals surface area contributed by atoms with E-state index in [0.717, 1.165) is 6.07 Å². The quantitative estimate of drug-likeness (QED) is 0.596. The van der Waals surface area contributed by atoms with Crippen LogP contribution in [-0.4, -0.2) is 91.1 Å². The Morgan fingerprint density at radius 2 is 1.88 bits per heavy atom. The lowest BCUT2D eigenvalue weighted by Crippen LogP contribution is -2.49. The zero-order chi connectivity index (χ0) is 23.9. The van der Waals surface area contributed by atoms with Crippen molar-refractivity contribution < 1.29 is 32.5 Å². The summed E-state index contributed by atoms with van der Waals surface area (Å²) in [6.45, 7) is 8.35. The number of aliphatic hydroxyl groups is 1. The number of anilines is 1. The number of piperazine rings is 1. The molecule has 182 valence electrons. The predicted molar refractivity (Wildman–Crippen MR) is 114 cm³/mol. The van der Waals surface area contributed by atoms with Crippen molar-refractivity contribution in [2.45, 2.75) is 39.0 Å². The molecule has 0 unspecified atom stereocenters. The number of aromatic nitrogens is 1. The third kappa shape index (κ3) is 8.01. The summed E-state index contributed by atoms with van der Waals surface area (Å²) >= 11 is 0. The molecule has 1 aromatic rings. The molecule has 1 aliphatic heterocycles. The van der Waals surface area contributed by atoms with E-state index in [1.807, 2.05) is 0 Å². The molecule has 1 aromatic heterocycles. The minimum absolute atomic E-state index is 0.0262. The zero-order valence-electron chi connectivity index (χ0n) is 19.1. The van der Waals surface area contributed by atoms with Crippen molar-refractivity contribution in [3.8, 4) is 5.75 Å². The molecule has 8 nitrogen and oxygen atoms in total. The van der Waals surface area contributed by atoms with E-state index in [-0.39, 0.29) is 24.8 Å². The van der Waals surface area contributed by atoms with E-state index in [2.05, 4.69) is 9.88 Å². The standard InChI is InChI=1S/C21H33F3N4O4/c1-20(2,3)32-19(30)26(4)6-7-27-8-10-28(11-9-27)18-17(21(22,23)24)14-16(15-25-18)31-13-5-12-29/h14-15,29H,5-13H2,1-4H3. The van der Waals surface area contributed by atoms with Crippen molar-refractivity contribution in [2.24, 2.45) is 0 Å². The van der Waals surface area contributed by atoms with Gasteiger partial charge in [0.2, 0.25) is 0 Å². The molecule has 0 atom stereocenters. The van der Waals surface area contributed by atoms with Crippen LogP contribution in [0.3, 0.4) is 0 Å². The molecule has 32 heavy (non-hydrogen) atoms. The number of hydrogen-bond donors (Lipinski definition) is 1. The number of likely N-dealkylation sites (N-methyl/N-ethyl adjacent to an activating group) is 1. The van der Waals surface area contributed by atoms with Crippen molar-refractivity contribution >= 4 is 11.9 Å². The van der Waals surface area contributed by atoms with Gasteiger partial charge in [-0.05, 0) is 26.8 Å². The van der Waals surface area contributed by atoms with Gasteiger partial charge in [0.05, 0.1) is 12.8 Å². The summed E-state index contributed by atoms with van der Waals surface area (Å²) < 4.78 is 51.5. The van der Waals surface area contributed by atoms with Crippen molar-refractivity contribution in [3.63, 3.8) is 0 Å². The van der Waals surface area contributed by atoms with Crippen LogP contribution in [0.5, 0.6) is 5.75 Å². The second-order valence-corrected chi connectivity index (χ2v) is 8.70. The Kier molecular flexibility index (Phi) is 8.97. The number of carbonyl (C=O) groups is 1. The van der Waals surface area contributed by atoms with E-state index >= 15 is 0 Å². The predicted octanol–water partition coefficient (Wildman–Crippen LogP) is 2.85. The van der Waals surface area contributed by atoms with Crippen LogP contribution >= 0.6 is 0 Å². The lowest BCUT2D eigenvalue weighted by molar-refractivity contribution is -0.137. The summed E-state index contributed by atoms with van der Waals surface area (Å²) in [6.07, 6.45) is -3.36. The highest BCUT2D eigenvalue weighted by Crippen LogP contribution is 2.37. The lowest BCUT2D eigenvalue weighted by Gasteiger charge is -2.37.